The Labute approximate surface area is 243 Å². The standard InChI is InChI=1S/C32H30O10/c1-17(2)29(34)39-24-12-10-22(15-26(24)41-31(36)19(5)6)21(9)14-28(33)38-23-11-13-25(40-30(35)18(3)4)27(16-23)42-32(37)20(7)8/h10-16H,1,3,5,7H2,2,4,6,8-9H3. The van der Waals surface area contributed by atoms with Crippen molar-refractivity contribution in [2.45, 2.75) is 34.6 Å². The van der Waals surface area contributed by atoms with Crippen molar-refractivity contribution in [1.29, 1.82) is 0 Å². The predicted molar refractivity (Wildman–Crippen MR) is 154 cm³/mol. The van der Waals surface area contributed by atoms with Crippen LogP contribution in [0.15, 0.2) is 91.1 Å². The molecule has 2 rings (SSSR count). The van der Waals surface area contributed by atoms with Gasteiger partial charge in [-0.1, -0.05) is 32.4 Å². The third-order valence-corrected chi connectivity index (χ3v) is 5.07. The third-order valence-electron chi connectivity index (χ3n) is 5.07. The van der Waals surface area contributed by atoms with Crippen molar-refractivity contribution in [2.75, 3.05) is 0 Å². The minimum atomic E-state index is -0.811. The molecule has 2 aromatic carbocycles. The number of hydrogen-bond donors (Lipinski definition) is 0. The first-order valence-corrected chi connectivity index (χ1v) is 12.3. The molecule has 0 N–H and O–H groups in total. The molecule has 218 valence electrons. The first kappa shape index (κ1) is 32.7. The van der Waals surface area contributed by atoms with E-state index in [0.717, 1.165) is 6.08 Å². The summed E-state index contributed by atoms with van der Waals surface area (Å²) in [6.07, 6.45) is 1.16. The number of carbonyl (C=O) groups excluding carboxylic acids is 5. The second-order valence-corrected chi connectivity index (χ2v) is 9.20. The first-order valence-electron chi connectivity index (χ1n) is 12.3. The van der Waals surface area contributed by atoms with Crippen LogP contribution in [0.5, 0.6) is 28.7 Å². The zero-order chi connectivity index (χ0) is 31.7. The van der Waals surface area contributed by atoms with Crippen molar-refractivity contribution >= 4 is 35.4 Å². The molecule has 2 aromatic rings. The van der Waals surface area contributed by atoms with Gasteiger partial charge < -0.3 is 23.7 Å². The Balaban J connectivity index is 2.36. The Bertz CT molecular complexity index is 1550. The van der Waals surface area contributed by atoms with Crippen LogP contribution in [0.3, 0.4) is 0 Å². The molecule has 0 aliphatic rings. The summed E-state index contributed by atoms with van der Waals surface area (Å²) < 4.78 is 26.4. The predicted octanol–water partition coefficient (Wildman–Crippen LogP) is 5.62. The van der Waals surface area contributed by atoms with Gasteiger partial charge in [-0.05, 0) is 70.0 Å². The number of carbonyl (C=O) groups is 5. The Morgan fingerprint density at radius 3 is 1.33 bits per heavy atom. The summed E-state index contributed by atoms with van der Waals surface area (Å²) in [5.74, 6) is -4.26. The number of rotatable bonds is 11. The van der Waals surface area contributed by atoms with Crippen molar-refractivity contribution in [3.63, 3.8) is 0 Å². The molecule has 0 radical (unpaired) electrons. The molecule has 0 fully saturated rings. The fourth-order valence-corrected chi connectivity index (χ4v) is 2.79. The summed E-state index contributed by atoms with van der Waals surface area (Å²) in [5.41, 5.74) is 1.28. The minimum Gasteiger partial charge on any atom is -0.423 e. The lowest BCUT2D eigenvalue weighted by molar-refractivity contribution is -0.132. The summed E-state index contributed by atoms with van der Waals surface area (Å²) in [5, 5.41) is 0. The number of hydrogen-bond acceptors (Lipinski definition) is 10. The molecule has 0 spiro atoms. The van der Waals surface area contributed by atoms with Gasteiger partial charge in [0.25, 0.3) is 0 Å². The Morgan fingerprint density at radius 2 is 0.905 bits per heavy atom. The summed E-state index contributed by atoms with van der Waals surface area (Å²) >= 11 is 0. The summed E-state index contributed by atoms with van der Waals surface area (Å²) in [7, 11) is 0. The smallest absolute Gasteiger partial charge is 0.338 e. The van der Waals surface area contributed by atoms with E-state index in [1.807, 2.05) is 0 Å². The van der Waals surface area contributed by atoms with E-state index in [1.165, 1.54) is 64.1 Å². The molecular formula is C32H30O10. The van der Waals surface area contributed by atoms with Crippen LogP contribution in [-0.4, -0.2) is 29.8 Å². The van der Waals surface area contributed by atoms with Crippen LogP contribution in [-0.2, 0) is 24.0 Å². The molecule has 0 heterocycles. The monoisotopic (exact) mass is 574 g/mol. The van der Waals surface area contributed by atoms with Crippen molar-refractivity contribution in [3.8, 4) is 28.7 Å². The van der Waals surface area contributed by atoms with Crippen molar-refractivity contribution in [2.24, 2.45) is 0 Å². The van der Waals surface area contributed by atoms with E-state index >= 15 is 0 Å². The maximum absolute atomic E-state index is 12.7. The average molecular weight is 575 g/mol. The highest BCUT2D eigenvalue weighted by molar-refractivity contribution is 5.94. The van der Waals surface area contributed by atoms with Crippen LogP contribution in [0.2, 0.25) is 0 Å². The van der Waals surface area contributed by atoms with E-state index in [2.05, 4.69) is 26.3 Å². The second kappa shape index (κ2) is 14.2. The van der Waals surface area contributed by atoms with Gasteiger partial charge in [-0.3, -0.25) is 0 Å². The van der Waals surface area contributed by atoms with E-state index in [-0.39, 0.29) is 51.0 Å². The van der Waals surface area contributed by atoms with Crippen LogP contribution in [0, 0.1) is 0 Å². The van der Waals surface area contributed by atoms with Crippen LogP contribution in [0.25, 0.3) is 5.57 Å². The molecule has 10 heteroatoms. The Kier molecular flexibility index (Phi) is 11.1. The van der Waals surface area contributed by atoms with Gasteiger partial charge in [0.2, 0.25) is 0 Å². The third kappa shape index (κ3) is 9.30. The molecule has 0 unspecified atom stereocenters. The van der Waals surface area contributed by atoms with E-state index < -0.39 is 29.8 Å². The van der Waals surface area contributed by atoms with E-state index in [9.17, 15) is 24.0 Å². The average Bonchev–Trinajstić information content (AvgIpc) is 2.90. The van der Waals surface area contributed by atoms with Gasteiger partial charge in [0.1, 0.15) is 5.75 Å². The summed E-state index contributed by atoms with van der Waals surface area (Å²) in [6.45, 7) is 21.5. The van der Waals surface area contributed by atoms with Crippen LogP contribution in [0.1, 0.15) is 40.2 Å². The topological polar surface area (TPSA) is 132 Å². The molecule has 0 aliphatic carbocycles. The molecule has 0 saturated heterocycles. The fraction of sp³-hybridized carbons (Fsp3) is 0.156. The highest BCUT2D eigenvalue weighted by atomic mass is 16.6. The number of esters is 5. The van der Waals surface area contributed by atoms with Gasteiger partial charge in [-0.2, -0.15) is 0 Å². The number of benzene rings is 2. The van der Waals surface area contributed by atoms with E-state index in [1.54, 1.807) is 6.92 Å². The largest absolute Gasteiger partial charge is 0.423 e. The van der Waals surface area contributed by atoms with Crippen LogP contribution >= 0.6 is 0 Å². The van der Waals surface area contributed by atoms with E-state index in [4.69, 9.17) is 23.7 Å². The van der Waals surface area contributed by atoms with Crippen LogP contribution in [0.4, 0.5) is 0 Å². The maximum atomic E-state index is 12.7. The molecular weight excluding hydrogens is 544 g/mol. The molecule has 0 bridgehead atoms. The highest BCUT2D eigenvalue weighted by Gasteiger charge is 2.19. The van der Waals surface area contributed by atoms with E-state index in [0.29, 0.717) is 11.1 Å². The Hall–Kier alpha value is -5.51. The lowest BCUT2D eigenvalue weighted by Gasteiger charge is -2.13. The lowest BCUT2D eigenvalue weighted by Crippen LogP contribution is -2.13. The van der Waals surface area contributed by atoms with Gasteiger partial charge in [0.05, 0.1) is 0 Å². The van der Waals surface area contributed by atoms with Crippen molar-refractivity contribution in [3.05, 3.63) is 96.6 Å². The second-order valence-electron chi connectivity index (χ2n) is 9.20. The number of ether oxygens (including phenoxy) is 5. The van der Waals surface area contributed by atoms with Gasteiger partial charge in [-0.15, -0.1) is 0 Å². The molecule has 0 aliphatic heterocycles. The minimum absolute atomic E-state index is 0.0261. The maximum Gasteiger partial charge on any atom is 0.338 e. The molecule has 0 saturated carbocycles. The molecule has 0 atom stereocenters. The lowest BCUT2D eigenvalue weighted by atomic mass is 10.1. The summed E-state index contributed by atoms with van der Waals surface area (Å²) in [4.78, 5) is 61.0. The number of allylic oxidation sites excluding steroid dienone is 1. The molecule has 0 amide bonds. The SMILES string of the molecule is C=C(C)C(=O)Oc1ccc(OC(=O)C=C(C)c2ccc(OC(=O)C(=C)C)c(OC(=O)C(=C)C)c2)cc1OC(=O)C(=C)C. The molecule has 0 aromatic heterocycles. The quantitative estimate of drug-likeness (QED) is 0.189. The fourth-order valence-electron chi connectivity index (χ4n) is 2.79. The highest BCUT2D eigenvalue weighted by Crippen LogP contribution is 2.34. The van der Waals surface area contributed by atoms with Crippen molar-refractivity contribution in [1.82, 2.24) is 0 Å². The van der Waals surface area contributed by atoms with Gasteiger partial charge in [0.15, 0.2) is 23.0 Å². The van der Waals surface area contributed by atoms with Gasteiger partial charge >= 0.3 is 29.8 Å². The zero-order valence-electron chi connectivity index (χ0n) is 24.0. The summed E-state index contributed by atoms with van der Waals surface area (Å²) in [6, 6.07) is 8.16. The van der Waals surface area contributed by atoms with Gasteiger partial charge in [-0.25, -0.2) is 24.0 Å². The zero-order valence-corrected chi connectivity index (χ0v) is 24.0. The van der Waals surface area contributed by atoms with Gasteiger partial charge in [0, 0.05) is 34.4 Å². The van der Waals surface area contributed by atoms with Crippen molar-refractivity contribution < 1.29 is 47.7 Å². The molecule has 42 heavy (non-hydrogen) atoms. The van der Waals surface area contributed by atoms with Crippen LogP contribution < -0.4 is 23.7 Å². The first-order chi connectivity index (χ1) is 19.6. The normalized spacial score (nSPS) is 10.5. The Morgan fingerprint density at radius 1 is 0.524 bits per heavy atom. The molecule has 10 nitrogen and oxygen atoms in total.